The van der Waals surface area contributed by atoms with E-state index in [1.165, 1.54) is 17.8 Å². The van der Waals surface area contributed by atoms with Crippen LogP contribution in [0.5, 0.6) is 0 Å². The Bertz CT molecular complexity index is 716. The lowest BCUT2D eigenvalue weighted by molar-refractivity contribution is 0.0453. The van der Waals surface area contributed by atoms with E-state index in [0.717, 1.165) is 6.07 Å². The first-order valence-corrected chi connectivity index (χ1v) is 6.70. The summed E-state index contributed by atoms with van der Waals surface area (Å²) >= 11 is 2.94. The largest absolute Gasteiger partial charge is 0.456 e. The van der Waals surface area contributed by atoms with Crippen LogP contribution in [0.25, 0.3) is 0 Å². The number of hydrogen-bond acceptors (Lipinski definition) is 4. The molecule has 0 atom stereocenters. The SMILES string of the molecule is Cc1nn(C)c(C(=O)OCc2c(F)ccc(Br)c2F)c1N. The lowest BCUT2D eigenvalue weighted by Crippen LogP contribution is -2.13. The van der Waals surface area contributed by atoms with Crippen molar-refractivity contribution in [3.8, 4) is 0 Å². The zero-order chi connectivity index (χ0) is 15.7. The fourth-order valence-corrected chi connectivity index (χ4v) is 2.20. The van der Waals surface area contributed by atoms with Crippen molar-refractivity contribution in [2.24, 2.45) is 7.05 Å². The Balaban J connectivity index is 2.21. The molecule has 2 rings (SSSR count). The molecule has 21 heavy (non-hydrogen) atoms. The maximum absolute atomic E-state index is 13.8. The lowest BCUT2D eigenvalue weighted by atomic mass is 10.2. The highest BCUT2D eigenvalue weighted by atomic mass is 79.9. The van der Waals surface area contributed by atoms with Crippen LogP contribution in [0.4, 0.5) is 14.5 Å². The maximum atomic E-state index is 13.8. The number of aryl methyl sites for hydroxylation is 2. The molecule has 0 aliphatic rings. The predicted octanol–water partition coefficient (Wildman–Crippen LogP) is 2.71. The Morgan fingerprint density at radius 3 is 2.71 bits per heavy atom. The molecular formula is C13H12BrF2N3O2. The lowest BCUT2D eigenvalue weighted by Gasteiger charge is -2.08. The molecule has 0 saturated carbocycles. The van der Waals surface area contributed by atoms with Crippen LogP contribution < -0.4 is 5.73 Å². The molecular weight excluding hydrogens is 348 g/mol. The fourth-order valence-electron chi connectivity index (χ4n) is 1.82. The van der Waals surface area contributed by atoms with Crippen molar-refractivity contribution >= 4 is 27.6 Å². The van der Waals surface area contributed by atoms with Crippen molar-refractivity contribution in [1.29, 1.82) is 0 Å². The third-order valence-electron chi connectivity index (χ3n) is 2.95. The van der Waals surface area contributed by atoms with Gasteiger partial charge in [0.2, 0.25) is 0 Å². The molecule has 2 N–H and O–H groups in total. The number of benzene rings is 1. The summed E-state index contributed by atoms with van der Waals surface area (Å²) in [5.41, 5.74) is 6.08. The number of hydrogen-bond donors (Lipinski definition) is 1. The molecule has 1 aromatic heterocycles. The van der Waals surface area contributed by atoms with Crippen molar-refractivity contribution in [3.63, 3.8) is 0 Å². The van der Waals surface area contributed by atoms with Gasteiger partial charge in [0.15, 0.2) is 5.69 Å². The molecule has 112 valence electrons. The predicted molar refractivity (Wildman–Crippen MR) is 75.5 cm³/mol. The molecule has 0 saturated heterocycles. The Labute approximate surface area is 127 Å². The number of halogens is 3. The summed E-state index contributed by atoms with van der Waals surface area (Å²) in [6.45, 7) is 1.10. The highest BCUT2D eigenvalue weighted by molar-refractivity contribution is 9.10. The number of carbonyl (C=O) groups excluding carboxylic acids is 1. The number of nitrogens with zero attached hydrogens (tertiary/aromatic N) is 2. The molecule has 2 aromatic rings. The van der Waals surface area contributed by atoms with E-state index in [0.29, 0.717) is 5.69 Å². The Morgan fingerprint density at radius 1 is 1.48 bits per heavy atom. The average molecular weight is 360 g/mol. The van der Waals surface area contributed by atoms with Crippen molar-refractivity contribution in [2.45, 2.75) is 13.5 Å². The standard InChI is InChI=1S/C13H12BrF2N3O2/c1-6-11(17)12(19(2)18-6)13(20)21-5-7-9(15)4-3-8(14)10(7)16/h3-4H,5,17H2,1-2H3. The third kappa shape index (κ3) is 2.90. The summed E-state index contributed by atoms with van der Waals surface area (Å²) in [6.07, 6.45) is 0. The quantitative estimate of drug-likeness (QED) is 0.675. The second kappa shape index (κ2) is 5.80. The maximum Gasteiger partial charge on any atom is 0.359 e. The van der Waals surface area contributed by atoms with Crippen molar-refractivity contribution in [3.05, 3.63) is 45.2 Å². The van der Waals surface area contributed by atoms with Crippen LogP contribution in [0.3, 0.4) is 0 Å². The van der Waals surface area contributed by atoms with E-state index in [4.69, 9.17) is 10.5 Å². The van der Waals surface area contributed by atoms with Gasteiger partial charge in [0.05, 0.1) is 21.4 Å². The summed E-state index contributed by atoms with van der Waals surface area (Å²) in [5.74, 6) is -2.40. The summed E-state index contributed by atoms with van der Waals surface area (Å²) in [5, 5.41) is 3.97. The number of rotatable bonds is 3. The van der Waals surface area contributed by atoms with Crippen LogP contribution in [-0.2, 0) is 18.4 Å². The van der Waals surface area contributed by atoms with Gasteiger partial charge in [0.25, 0.3) is 0 Å². The van der Waals surface area contributed by atoms with Gasteiger partial charge in [-0.25, -0.2) is 13.6 Å². The zero-order valence-electron chi connectivity index (χ0n) is 11.3. The van der Waals surface area contributed by atoms with Gasteiger partial charge < -0.3 is 10.5 Å². The molecule has 0 bridgehead atoms. The van der Waals surface area contributed by atoms with E-state index in [-0.39, 0.29) is 21.4 Å². The number of carbonyl (C=O) groups is 1. The average Bonchev–Trinajstić information content (AvgIpc) is 2.67. The first-order valence-electron chi connectivity index (χ1n) is 5.91. The number of esters is 1. The fraction of sp³-hybridized carbons (Fsp3) is 0.231. The van der Waals surface area contributed by atoms with Crippen LogP contribution in [-0.4, -0.2) is 15.7 Å². The number of aromatic nitrogens is 2. The highest BCUT2D eigenvalue weighted by Crippen LogP contribution is 2.23. The number of nitrogen functional groups attached to an aromatic ring is 1. The van der Waals surface area contributed by atoms with Gasteiger partial charge in [0.1, 0.15) is 18.2 Å². The van der Waals surface area contributed by atoms with Crippen molar-refractivity contribution < 1.29 is 18.3 Å². The molecule has 1 heterocycles. The minimum atomic E-state index is -0.808. The van der Waals surface area contributed by atoms with Gasteiger partial charge in [0, 0.05) is 7.05 Å². The van der Waals surface area contributed by atoms with E-state index in [1.807, 2.05) is 0 Å². The summed E-state index contributed by atoms with van der Waals surface area (Å²) < 4.78 is 33.6. The van der Waals surface area contributed by atoms with Gasteiger partial charge in [-0.1, -0.05) is 0 Å². The van der Waals surface area contributed by atoms with Crippen LogP contribution in [0.15, 0.2) is 16.6 Å². The third-order valence-corrected chi connectivity index (χ3v) is 3.56. The number of anilines is 1. The van der Waals surface area contributed by atoms with Crippen LogP contribution in [0.1, 0.15) is 21.7 Å². The van der Waals surface area contributed by atoms with Gasteiger partial charge in [-0.05, 0) is 35.0 Å². The van der Waals surface area contributed by atoms with Gasteiger partial charge in [-0.15, -0.1) is 0 Å². The Kier molecular flexibility index (Phi) is 4.26. The Hall–Kier alpha value is -1.96. The van der Waals surface area contributed by atoms with E-state index in [9.17, 15) is 13.6 Å². The number of ether oxygens (including phenoxy) is 1. The second-order valence-corrected chi connectivity index (χ2v) is 5.22. The molecule has 0 fully saturated rings. The Morgan fingerprint density at radius 2 is 2.14 bits per heavy atom. The molecule has 0 aliphatic heterocycles. The first-order chi connectivity index (χ1) is 9.82. The van der Waals surface area contributed by atoms with Crippen LogP contribution in [0.2, 0.25) is 0 Å². The summed E-state index contributed by atoms with van der Waals surface area (Å²) in [7, 11) is 1.53. The van der Waals surface area contributed by atoms with E-state index < -0.39 is 24.2 Å². The molecule has 8 heteroatoms. The normalized spacial score (nSPS) is 10.7. The minimum absolute atomic E-state index is 0.0447. The molecule has 0 aliphatic carbocycles. The smallest absolute Gasteiger partial charge is 0.359 e. The van der Waals surface area contributed by atoms with E-state index in [1.54, 1.807) is 6.92 Å². The molecule has 0 spiro atoms. The molecule has 0 amide bonds. The second-order valence-electron chi connectivity index (χ2n) is 4.37. The van der Waals surface area contributed by atoms with Gasteiger partial charge >= 0.3 is 5.97 Å². The minimum Gasteiger partial charge on any atom is -0.456 e. The highest BCUT2D eigenvalue weighted by Gasteiger charge is 2.21. The van der Waals surface area contributed by atoms with E-state index in [2.05, 4.69) is 21.0 Å². The molecule has 0 radical (unpaired) electrons. The van der Waals surface area contributed by atoms with Crippen LogP contribution >= 0.6 is 15.9 Å². The summed E-state index contributed by atoms with van der Waals surface area (Å²) in [6, 6.07) is 2.32. The van der Waals surface area contributed by atoms with Crippen LogP contribution in [0, 0.1) is 18.6 Å². The molecule has 1 aromatic carbocycles. The van der Waals surface area contributed by atoms with Gasteiger partial charge in [-0.2, -0.15) is 5.10 Å². The van der Waals surface area contributed by atoms with Gasteiger partial charge in [-0.3, -0.25) is 4.68 Å². The topological polar surface area (TPSA) is 70.1 Å². The first kappa shape index (κ1) is 15.4. The molecule has 0 unspecified atom stereocenters. The monoisotopic (exact) mass is 359 g/mol. The van der Waals surface area contributed by atoms with Crippen molar-refractivity contribution in [1.82, 2.24) is 9.78 Å². The van der Waals surface area contributed by atoms with Crippen molar-refractivity contribution in [2.75, 3.05) is 5.73 Å². The summed E-state index contributed by atoms with van der Waals surface area (Å²) in [4.78, 5) is 12.0. The zero-order valence-corrected chi connectivity index (χ0v) is 12.9. The number of nitrogens with two attached hydrogens (primary N) is 1. The van der Waals surface area contributed by atoms with E-state index >= 15 is 0 Å². The molecule has 5 nitrogen and oxygen atoms in total.